The summed E-state index contributed by atoms with van der Waals surface area (Å²) in [6.45, 7) is 1.21. The summed E-state index contributed by atoms with van der Waals surface area (Å²) in [5, 5.41) is 8.89. The Balaban J connectivity index is 1.80. The Hall–Kier alpha value is -3.24. The molecule has 3 rings (SSSR count). The number of aromatic nitrogens is 3. The first kappa shape index (κ1) is 21.5. The van der Waals surface area contributed by atoms with E-state index in [0.717, 1.165) is 23.2 Å². The van der Waals surface area contributed by atoms with Gasteiger partial charge in [0.2, 0.25) is 0 Å². The second kappa shape index (κ2) is 8.25. The number of sulfone groups is 1. The summed E-state index contributed by atoms with van der Waals surface area (Å²) >= 11 is 0. The lowest BCUT2D eigenvalue weighted by Crippen LogP contribution is -2.49. The molecule has 9 nitrogen and oxygen atoms in total. The van der Waals surface area contributed by atoms with Crippen LogP contribution in [0.15, 0.2) is 59.8 Å². The predicted octanol–water partition coefficient (Wildman–Crippen LogP) is 1.60. The highest BCUT2D eigenvalue weighted by Gasteiger charge is 2.43. The number of imidazole rings is 1. The lowest BCUT2D eigenvalue weighted by Gasteiger charge is -2.25. The van der Waals surface area contributed by atoms with Crippen molar-refractivity contribution in [3.63, 3.8) is 0 Å². The van der Waals surface area contributed by atoms with Crippen LogP contribution in [-0.4, -0.2) is 45.1 Å². The molecule has 0 fully saturated rings. The first-order valence-electron chi connectivity index (χ1n) is 9.10. The van der Waals surface area contributed by atoms with Gasteiger partial charge in [-0.1, -0.05) is 24.3 Å². The minimum absolute atomic E-state index is 0.00641. The highest BCUT2D eigenvalue weighted by Crippen LogP contribution is 2.24. The molecule has 10 heteroatoms. The molecule has 1 atom stereocenters. The van der Waals surface area contributed by atoms with Crippen LogP contribution in [0.5, 0.6) is 0 Å². The molecule has 0 saturated heterocycles. The Labute approximate surface area is 173 Å². The van der Waals surface area contributed by atoms with Crippen LogP contribution in [-0.2, 0) is 21.2 Å². The number of benzene rings is 1. The van der Waals surface area contributed by atoms with E-state index in [1.165, 1.54) is 23.0 Å². The average molecular weight is 430 g/mol. The van der Waals surface area contributed by atoms with Crippen LogP contribution in [0.25, 0.3) is 22.5 Å². The largest absolute Gasteiger partial charge is 0.345 e. The number of H-pyrrole nitrogens is 1. The fourth-order valence-electron chi connectivity index (χ4n) is 3.04. The molecule has 0 aliphatic heterocycles. The molecule has 3 N–H and O–H groups in total. The van der Waals surface area contributed by atoms with E-state index in [4.69, 9.17) is 5.21 Å². The van der Waals surface area contributed by atoms with Gasteiger partial charge in [-0.3, -0.25) is 14.8 Å². The van der Waals surface area contributed by atoms with Crippen LogP contribution in [0.4, 0.5) is 0 Å². The number of aromatic amines is 1. The number of carbonyl (C=O) groups excluding carboxylic acids is 1. The van der Waals surface area contributed by atoms with Gasteiger partial charge in [-0.15, -0.1) is 0 Å². The van der Waals surface area contributed by atoms with E-state index in [1.807, 2.05) is 24.3 Å². The van der Waals surface area contributed by atoms with Crippen molar-refractivity contribution in [2.24, 2.45) is 0 Å². The summed E-state index contributed by atoms with van der Waals surface area (Å²) in [5.41, 5.74) is 3.53. The van der Waals surface area contributed by atoms with E-state index in [-0.39, 0.29) is 18.5 Å². The molecule has 1 unspecified atom stereocenters. The van der Waals surface area contributed by atoms with Gasteiger partial charge in [0.25, 0.3) is 11.5 Å². The monoisotopic (exact) mass is 430 g/mol. The number of hydrogen-bond donors (Lipinski definition) is 3. The highest BCUT2D eigenvalue weighted by molar-refractivity contribution is 7.92. The maximum atomic E-state index is 12.5. The minimum Gasteiger partial charge on any atom is -0.345 e. The van der Waals surface area contributed by atoms with Gasteiger partial charge in [-0.25, -0.2) is 18.9 Å². The smallest absolute Gasteiger partial charge is 0.264 e. The van der Waals surface area contributed by atoms with E-state index >= 15 is 0 Å². The molecule has 1 amide bonds. The fraction of sp³-hybridized carbons (Fsp3) is 0.250. The first-order valence-corrected chi connectivity index (χ1v) is 11.0. The van der Waals surface area contributed by atoms with Crippen LogP contribution in [0.2, 0.25) is 0 Å². The normalized spacial score (nSPS) is 13.6. The lowest BCUT2D eigenvalue weighted by molar-refractivity contribution is -0.131. The van der Waals surface area contributed by atoms with Crippen molar-refractivity contribution in [2.75, 3.05) is 6.26 Å². The van der Waals surface area contributed by atoms with Crippen molar-refractivity contribution < 1.29 is 18.4 Å². The summed E-state index contributed by atoms with van der Waals surface area (Å²) in [6.07, 6.45) is 5.71. The molecule has 3 aromatic rings. The zero-order valence-electron chi connectivity index (χ0n) is 16.5. The van der Waals surface area contributed by atoms with E-state index < -0.39 is 20.5 Å². The van der Waals surface area contributed by atoms with Crippen LogP contribution >= 0.6 is 0 Å². The van der Waals surface area contributed by atoms with Crippen molar-refractivity contribution in [3.05, 3.63) is 65.3 Å². The molecule has 0 saturated carbocycles. The van der Waals surface area contributed by atoms with Gasteiger partial charge in [0.1, 0.15) is 5.82 Å². The SMILES string of the molecule is CC(CCn1ccc(-c2ccc(-c3ncc[nH]3)cc2)cc1=O)(C(=O)NO)S(C)(=O)=O. The van der Waals surface area contributed by atoms with Crippen molar-refractivity contribution in [1.29, 1.82) is 0 Å². The molecule has 0 radical (unpaired) electrons. The number of hydrogen-bond acceptors (Lipinski definition) is 6. The van der Waals surface area contributed by atoms with Crippen LogP contribution in [0, 0.1) is 0 Å². The molecular formula is C20H22N4O5S. The molecule has 0 spiro atoms. The molecule has 0 aliphatic rings. The number of nitrogens with zero attached hydrogens (tertiary/aromatic N) is 2. The number of aryl methyl sites for hydroxylation is 1. The molecule has 2 heterocycles. The molecule has 30 heavy (non-hydrogen) atoms. The highest BCUT2D eigenvalue weighted by atomic mass is 32.2. The Morgan fingerprint density at radius 2 is 1.87 bits per heavy atom. The quantitative estimate of drug-likeness (QED) is 0.385. The molecule has 2 aromatic heterocycles. The number of amides is 1. The van der Waals surface area contributed by atoms with Crippen molar-refractivity contribution in [2.45, 2.75) is 24.6 Å². The Bertz CT molecular complexity index is 1200. The van der Waals surface area contributed by atoms with Gasteiger partial charge in [-0.05, 0) is 30.5 Å². The van der Waals surface area contributed by atoms with Gasteiger partial charge in [0, 0.05) is 43.0 Å². The van der Waals surface area contributed by atoms with E-state index in [9.17, 15) is 18.0 Å². The van der Waals surface area contributed by atoms with Gasteiger partial charge >= 0.3 is 0 Å². The van der Waals surface area contributed by atoms with Gasteiger partial charge in [0.15, 0.2) is 14.6 Å². The van der Waals surface area contributed by atoms with Crippen LogP contribution in [0.1, 0.15) is 13.3 Å². The van der Waals surface area contributed by atoms with Gasteiger partial charge < -0.3 is 9.55 Å². The molecule has 0 bridgehead atoms. The maximum absolute atomic E-state index is 12.5. The summed E-state index contributed by atoms with van der Waals surface area (Å²) in [7, 11) is -3.83. The van der Waals surface area contributed by atoms with E-state index in [1.54, 1.807) is 24.7 Å². The molecule has 0 aliphatic carbocycles. The lowest BCUT2D eigenvalue weighted by atomic mass is 10.0. The zero-order valence-corrected chi connectivity index (χ0v) is 17.3. The number of carbonyl (C=O) groups is 1. The number of hydroxylamine groups is 1. The summed E-state index contributed by atoms with van der Waals surface area (Å²) in [5.74, 6) is -0.288. The second-order valence-corrected chi connectivity index (χ2v) is 9.60. The Morgan fingerprint density at radius 1 is 1.20 bits per heavy atom. The first-order chi connectivity index (χ1) is 14.2. The maximum Gasteiger partial charge on any atom is 0.264 e. The van der Waals surface area contributed by atoms with Crippen LogP contribution < -0.4 is 11.0 Å². The Kier molecular flexibility index (Phi) is 5.90. The summed E-state index contributed by atoms with van der Waals surface area (Å²) in [6, 6.07) is 10.7. The van der Waals surface area contributed by atoms with Crippen LogP contribution in [0.3, 0.4) is 0 Å². The standard InChI is InChI=1S/C20H22N4O5S/c1-20(19(26)23-27,30(2,28)29)8-12-24-11-7-16(13-17(24)25)14-3-5-15(6-4-14)18-21-9-10-22-18/h3-7,9-11,13,27H,8,12H2,1-2H3,(H,21,22)(H,23,26). The van der Waals surface area contributed by atoms with Crippen molar-refractivity contribution in [3.8, 4) is 22.5 Å². The fourth-order valence-corrected chi connectivity index (χ4v) is 3.88. The number of pyridine rings is 1. The molecule has 1 aromatic carbocycles. The van der Waals surface area contributed by atoms with Gasteiger partial charge in [-0.2, -0.15) is 0 Å². The summed E-state index contributed by atoms with van der Waals surface area (Å²) < 4.78 is 23.6. The zero-order chi connectivity index (χ0) is 21.9. The second-order valence-electron chi connectivity index (χ2n) is 7.16. The topological polar surface area (TPSA) is 134 Å². The third-order valence-corrected chi connectivity index (χ3v) is 7.24. The molecular weight excluding hydrogens is 408 g/mol. The number of nitrogens with one attached hydrogen (secondary N) is 2. The predicted molar refractivity (Wildman–Crippen MR) is 112 cm³/mol. The molecule has 158 valence electrons. The average Bonchev–Trinajstić information content (AvgIpc) is 3.26. The third kappa shape index (κ3) is 4.19. The Morgan fingerprint density at radius 3 is 2.40 bits per heavy atom. The van der Waals surface area contributed by atoms with E-state index in [2.05, 4.69) is 9.97 Å². The van der Waals surface area contributed by atoms with Crippen molar-refractivity contribution >= 4 is 15.7 Å². The summed E-state index contributed by atoms with van der Waals surface area (Å²) in [4.78, 5) is 31.6. The third-order valence-electron chi connectivity index (χ3n) is 5.22. The van der Waals surface area contributed by atoms with Gasteiger partial charge in [0.05, 0.1) is 0 Å². The number of rotatable bonds is 7. The minimum atomic E-state index is -3.83. The van der Waals surface area contributed by atoms with E-state index in [0.29, 0.717) is 5.56 Å². The van der Waals surface area contributed by atoms with Crippen molar-refractivity contribution in [1.82, 2.24) is 20.0 Å².